The highest BCUT2D eigenvalue weighted by atomic mass is 35.5. The molecule has 0 aromatic heterocycles. The molecule has 0 fully saturated rings. The highest BCUT2D eigenvalue weighted by Gasteiger charge is 2.10. The summed E-state index contributed by atoms with van der Waals surface area (Å²) in [7, 11) is 0. The van der Waals surface area contributed by atoms with Crippen LogP contribution in [0, 0.1) is 6.92 Å². The Morgan fingerprint density at radius 1 is 1.08 bits per heavy atom. The number of ether oxygens (including phenoxy) is 1. The molecule has 0 saturated heterocycles. The summed E-state index contributed by atoms with van der Waals surface area (Å²) in [5.41, 5.74) is 2.43. The van der Waals surface area contributed by atoms with Gasteiger partial charge >= 0.3 is 6.09 Å². The molecule has 8 heteroatoms. The first-order chi connectivity index (χ1) is 12.0. The van der Waals surface area contributed by atoms with E-state index in [1.807, 2.05) is 25.1 Å². The third-order valence-electron chi connectivity index (χ3n) is 3.25. The van der Waals surface area contributed by atoms with E-state index in [4.69, 9.17) is 27.9 Å². The summed E-state index contributed by atoms with van der Waals surface area (Å²) in [6, 6.07) is 12.4. The van der Waals surface area contributed by atoms with Gasteiger partial charge in [-0.2, -0.15) is 0 Å². The smallest absolute Gasteiger partial charge is 0.417 e. The maximum absolute atomic E-state index is 11.8. The van der Waals surface area contributed by atoms with Crippen LogP contribution in [-0.4, -0.2) is 18.6 Å². The fraction of sp³-hybridized carbons (Fsp3) is 0.176. The molecule has 0 unspecified atom stereocenters. The number of nitrogens with one attached hydrogen (secondary N) is 2. The van der Waals surface area contributed by atoms with E-state index in [0.29, 0.717) is 21.5 Å². The molecular formula is C17H16Cl2N2O3S. The zero-order valence-corrected chi connectivity index (χ0v) is 15.7. The van der Waals surface area contributed by atoms with Crippen LogP contribution in [0.15, 0.2) is 42.5 Å². The summed E-state index contributed by atoms with van der Waals surface area (Å²) in [5, 5.41) is 3.65. The lowest BCUT2D eigenvalue weighted by Crippen LogP contribution is -2.25. The van der Waals surface area contributed by atoms with Crippen molar-refractivity contribution in [3.05, 3.63) is 63.6 Å². The van der Waals surface area contributed by atoms with Crippen LogP contribution in [0.2, 0.25) is 10.0 Å². The van der Waals surface area contributed by atoms with Crippen LogP contribution >= 0.6 is 35.1 Å². The van der Waals surface area contributed by atoms with E-state index in [0.717, 1.165) is 23.1 Å². The number of para-hydroxylation sites is 1. The Kier molecular flexibility index (Phi) is 7.43. The maximum Gasteiger partial charge on any atom is 0.417 e. The van der Waals surface area contributed by atoms with Gasteiger partial charge in [0.05, 0.1) is 10.7 Å². The summed E-state index contributed by atoms with van der Waals surface area (Å²) in [4.78, 5) is 23.4. The average Bonchev–Trinajstić information content (AvgIpc) is 2.59. The normalized spacial score (nSPS) is 10.2. The third-order valence-corrected chi connectivity index (χ3v) is 4.75. The second kappa shape index (κ2) is 9.56. The molecule has 0 aliphatic carbocycles. The van der Waals surface area contributed by atoms with Gasteiger partial charge in [0.15, 0.2) is 6.61 Å². The van der Waals surface area contributed by atoms with Gasteiger partial charge in [-0.3, -0.25) is 9.52 Å². The lowest BCUT2D eigenvalue weighted by atomic mass is 10.1. The third kappa shape index (κ3) is 6.16. The lowest BCUT2D eigenvalue weighted by Gasteiger charge is -2.09. The molecular weight excluding hydrogens is 383 g/mol. The van der Waals surface area contributed by atoms with E-state index in [9.17, 15) is 9.59 Å². The Morgan fingerprint density at radius 3 is 2.56 bits per heavy atom. The zero-order chi connectivity index (χ0) is 18.2. The van der Waals surface area contributed by atoms with Crippen molar-refractivity contribution in [1.29, 1.82) is 0 Å². The van der Waals surface area contributed by atoms with E-state index in [-0.39, 0.29) is 0 Å². The van der Waals surface area contributed by atoms with Gasteiger partial charge in [0.2, 0.25) is 0 Å². The highest BCUT2D eigenvalue weighted by Crippen LogP contribution is 2.22. The Balaban J connectivity index is 1.71. The largest absolute Gasteiger partial charge is 0.439 e. The number of halogens is 2. The van der Waals surface area contributed by atoms with Gasteiger partial charge in [0.1, 0.15) is 0 Å². The van der Waals surface area contributed by atoms with E-state index in [1.165, 1.54) is 0 Å². The van der Waals surface area contributed by atoms with Crippen molar-refractivity contribution < 1.29 is 14.3 Å². The molecule has 132 valence electrons. The van der Waals surface area contributed by atoms with Crippen LogP contribution < -0.4 is 10.0 Å². The Morgan fingerprint density at radius 2 is 1.80 bits per heavy atom. The van der Waals surface area contributed by atoms with Gasteiger partial charge in [0, 0.05) is 10.8 Å². The summed E-state index contributed by atoms with van der Waals surface area (Å²) in [6.07, 6.45) is -0.695. The molecule has 2 amide bonds. The van der Waals surface area contributed by atoms with Crippen molar-refractivity contribution in [2.45, 2.75) is 12.7 Å². The summed E-state index contributed by atoms with van der Waals surface area (Å²) < 4.78 is 7.37. The Labute approximate surface area is 160 Å². The minimum Gasteiger partial charge on any atom is -0.439 e. The predicted molar refractivity (Wildman–Crippen MR) is 102 cm³/mol. The number of anilines is 1. The Bertz CT molecular complexity index is 771. The number of carbonyl (C=O) groups excluding carboxylic acids is 2. The van der Waals surface area contributed by atoms with Crippen LogP contribution in [0.1, 0.15) is 11.1 Å². The molecule has 0 spiro atoms. The molecule has 5 nitrogen and oxygen atoms in total. The van der Waals surface area contributed by atoms with Crippen LogP contribution in [0.4, 0.5) is 10.5 Å². The van der Waals surface area contributed by atoms with Crippen molar-refractivity contribution in [2.24, 2.45) is 0 Å². The number of rotatable bonds is 6. The fourth-order valence-corrected chi connectivity index (χ4v) is 2.98. The zero-order valence-electron chi connectivity index (χ0n) is 13.3. The maximum atomic E-state index is 11.8. The number of hydrogen-bond donors (Lipinski definition) is 2. The monoisotopic (exact) mass is 398 g/mol. The minimum atomic E-state index is -0.695. The number of benzene rings is 2. The van der Waals surface area contributed by atoms with Crippen LogP contribution in [0.25, 0.3) is 0 Å². The second-order valence-electron chi connectivity index (χ2n) is 5.02. The van der Waals surface area contributed by atoms with Gasteiger partial charge in [-0.15, -0.1) is 0 Å². The van der Waals surface area contributed by atoms with Crippen LogP contribution in [-0.2, 0) is 15.3 Å². The lowest BCUT2D eigenvalue weighted by molar-refractivity contribution is -0.118. The standard InChI is InChI=1S/C17H16Cl2N2O3S/c1-11-12(5-4-7-13(11)18)10-25-21-17(23)24-9-16(22)20-15-8-3-2-6-14(15)19/h2-8H,9-10H2,1H3,(H,20,22)(H,21,23). The van der Waals surface area contributed by atoms with Crippen LogP contribution in [0.5, 0.6) is 0 Å². The van der Waals surface area contributed by atoms with Crippen molar-refractivity contribution in [1.82, 2.24) is 4.72 Å². The summed E-state index contributed by atoms with van der Waals surface area (Å²) in [6.45, 7) is 1.50. The van der Waals surface area contributed by atoms with Crippen molar-refractivity contribution in [2.75, 3.05) is 11.9 Å². The number of hydrogen-bond acceptors (Lipinski definition) is 4. The van der Waals surface area contributed by atoms with Gasteiger partial charge in [-0.25, -0.2) is 4.79 Å². The van der Waals surface area contributed by atoms with Gasteiger partial charge < -0.3 is 10.1 Å². The first kappa shape index (κ1) is 19.4. The van der Waals surface area contributed by atoms with E-state index >= 15 is 0 Å². The molecule has 0 radical (unpaired) electrons. The molecule has 0 aliphatic rings. The quantitative estimate of drug-likeness (QED) is 0.684. The fourth-order valence-electron chi connectivity index (χ4n) is 1.89. The average molecular weight is 399 g/mol. The van der Waals surface area contributed by atoms with Crippen LogP contribution in [0.3, 0.4) is 0 Å². The van der Waals surface area contributed by atoms with Gasteiger partial charge in [-0.05, 0) is 48.2 Å². The second-order valence-corrected chi connectivity index (χ2v) is 6.61. The minimum absolute atomic E-state index is 0.409. The highest BCUT2D eigenvalue weighted by molar-refractivity contribution is 7.97. The van der Waals surface area contributed by atoms with Crippen molar-refractivity contribution >= 4 is 52.8 Å². The summed E-state index contributed by atoms with van der Waals surface area (Å²) in [5.74, 6) is 0.0618. The topological polar surface area (TPSA) is 67.4 Å². The predicted octanol–water partition coefficient (Wildman–Crippen LogP) is 4.81. The molecule has 0 aliphatic heterocycles. The summed E-state index contributed by atoms with van der Waals surface area (Å²) >= 11 is 13.1. The molecule has 2 rings (SSSR count). The van der Waals surface area contributed by atoms with Gasteiger partial charge in [-0.1, -0.05) is 47.5 Å². The SMILES string of the molecule is Cc1c(Cl)cccc1CSNC(=O)OCC(=O)Nc1ccccc1Cl. The molecule has 0 atom stereocenters. The Hall–Kier alpha value is -1.89. The molecule has 2 aromatic carbocycles. The molecule has 2 aromatic rings. The molecule has 0 saturated carbocycles. The first-order valence-electron chi connectivity index (χ1n) is 7.30. The molecule has 0 heterocycles. The number of carbonyl (C=O) groups is 2. The van der Waals surface area contributed by atoms with E-state index < -0.39 is 18.6 Å². The molecule has 0 bridgehead atoms. The van der Waals surface area contributed by atoms with Gasteiger partial charge in [0.25, 0.3) is 5.91 Å². The first-order valence-corrected chi connectivity index (χ1v) is 9.04. The van der Waals surface area contributed by atoms with Crippen molar-refractivity contribution in [3.63, 3.8) is 0 Å². The van der Waals surface area contributed by atoms with E-state index in [1.54, 1.807) is 24.3 Å². The molecule has 25 heavy (non-hydrogen) atoms. The number of amides is 2. The van der Waals surface area contributed by atoms with E-state index in [2.05, 4.69) is 10.0 Å². The molecule has 2 N–H and O–H groups in total. The van der Waals surface area contributed by atoms with Crippen molar-refractivity contribution in [3.8, 4) is 0 Å².